The molecule has 2 fully saturated rings. The van der Waals surface area contributed by atoms with E-state index >= 15 is 0 Å². The first-order valence-electron chi connectivity index (χ1n) is 10.3. The van der Waals surface area contributed by atoms with Gasteiger partial charge < -0.3 is 20.4 Å². The zero-order chi connectivity index (χ0) is 22.9. The largest absolute Gasteiger partial charge is 0.415 e. The molecule has 9 nitrogen and oxygen atoms in total. The van der Waals surface area contributed by atoms with E-state index in [1.807, 2.05) is 6.07 Å². The van der Waals surface area contributed by atoms with E-state index in [0.717, 1.165) is 24.1 Å². The molecule has 168 valence electrons. The van der Waals surface area contributed by atoms with E-state index in [0.29, 0.717) is 23.2 Å². The second-order valence-electron chi connectivity index (χ2n) is 7.97. The summed E-state index contributed by atoms with van der Waals surface area (Å²) in [5, 5.41) is 10.2. The molecule has 2 atom stereocenters. The summed E-state index contributed by atoms with van der Waals surface area (Å²) in [6, 6.07) is 2.22. The number of nitrogens with one attached hydrogen (secondary N) is 1. The number of amides is 3. The molecule has 3 heterocycles. The molecule has 0 unspecified atom stereocenters. The van der Waals surface area contributed by atoms with Crippen LogP contribution in [0.3, 0.4) is 0 Å². The van der Waals surface area contributed by atoms with Crippen molar-refractivity contribution in [3.8, 4) is 11.8 Å². The van der Waals surface area contributed by atoms with Crippen molar-refractivity contribution in [2.24, 2.45) is 5.73 Å². The van der Waals surface area contributed by atoms with Crippen LogP contribution in [0.25, 0.3) is 0 Å². The van der Waals surface area contributed by atoms with E-state index < -0.39 is 23.4 Å². The van der Waals surface area contributed by atoms with Crippen molar-refractivity contribution in [2.45, 2.75) is 56.5 Å². The molecule has 32 heavy (non-hydrogen) atoms. The second kappa shape index (κ2) is 8.92. The molecule has 3 amide bonds. The van der Waals surface area contributed by atoms with Crippen LogP contribution in [0, 0.1) is 18.8 Å². The van der Waals surface area contributed by atoms with Gasteiger partial charge in [0, 0.05) is 18.3 Å². The van der Waals surface area contributed by atoms with Gasteiger partial charge in [-0.1, -0.05) is 22.6 Å². The molecular weight excluding hydrogens is 454 g/mol. The molecule has 0 spiro atoms. The fourth-order valence-electron chi connectivity index (χ4n) is 3.92. The van der Waals surface area contributed by atoms with E-state index in [4.69, 9.17) is 21.8 Å². The Hall–Kier alpha value is -2.90. The molecule has 3 N–H and O–H groups in total. The van der Waals surface area contributed by atoms with E-state index in [2.05, 4.69) is 27.4 Å². The summed E-state index contributed by atoms with van der Waals surface area (Å²) in [6.07, 6.45) is 2.57. The Kier molecular flexibility index (Phi) is 6.22. The minimum Gasteiger partial charge on any atom is -0.415 e. The molecule has 1 saturated carbocycles. The second-order valence-corrected chi connectivity index (χ2v) is 9.68. The fourth-order valence-corrected chi connectivity index (χ4v) is 5.20. The number of hydrogen-bond acceptors (Lipinski definition) is 7. The van der Waals surface area contributed by atoms with E-state index in [1.54, 1.807) is 17.9 Å². The van der Waals surface area contributed by atoms with Gasteiger partial charge in [-0.25, -0.2) is 0 Å². The summed E-state index contributed by atoms with van der Waals surface area (Å²) in [6.45, 7) is 2.13. The minimum atomic E-state index is -0.837. The SMILES string of the molecule is Cc1nnc(C#C[C@H](CC(N)=O)NC(=O)[C@@H]2CCCN2C(=O)C2(c3ccc(Cl)s3)CC2)o1. The molecule has 1 saturated heterocycles. The Morgan fingerprint density at radius 1 is 1.41 bits per heavy atom. The average molecular weight is 476 g/mol. The van der Waals surface area contributed by atoms with Crippen molar-refractivity contribution < 1.29 is 18.8 Å². The minimum absolute atomic E-state index is 0.0486. The number of likely N-dealkylation sites (tertiary alicyclic amines) is 1. The van der Waals surface area contributed by atoms with Crippen LogP contribution in [0.2, 0.25) is 4.34 Å². The number of rotatable bonds is 6. The molecule has 1 aliphatic carbocycles. The predicted octanol–water partition coefficient (Wildman–Crippen LogP) is 1.53. The molecule has 11 heteroatoms. The Morgan fingerprint density at radius 3 is 2.78 bits per heavy atom. The van der Waals surface area contributed by atoms with Crippen LogP contribution in [0.1, 0.15) is 48.8 Å². The number of aromatic nitrogens is 2. The zero-order valence-electron chi connectivity index (χ0n) is 17.4. The first-order chi connectivity index (χ1) is 15.3. The summed E-state index contributed by atoms with van der Waals surface area (Å²) in [7, 11) is 0. The summed E-state index contributed by atoms with van der Waals surface area (Å²) < 4.78 is 5.83. The highest BCUT2D eigenvalue weighted by Crippen LogP contribution is 2.53. The van der Waals surface area contributed by atoms with Crippen molar-refractivity contribution in [2.75, 3.05) is 6.54 Å². The number of halogens is 1. The highest BCUT2D eigenvalue weighted by atomic mass is 35.5. The Bertz CT molecular complexity index is 1110. The normalized spacial score (nSPS) is 19.7. The van der Waals surface area contributed by atoms with E-state index in [-0.39, 0.29) is 24.1 Å². The summed E-state index contributed by atoms with van der Waals surface area (Å²) >= 11 is 7.48. The van der Waals surface area contributed by atoms with Crippen LogP contribution in [-0.2, 0) is 19.8 Å². The summed E-state index contributed by atoms with van der Waals surface area (Å²) in [5.74, 6) is 4.81. The lowest BCUT2D eigenvalue weighted by Gasteiger charge is -2.28. The Labute approximate surface area is 193 Å². The summed E-state index contributed by atoms with van der Waals surface area (Å²) in [4.78, 5) is 40.5. The molecular formula is C21H22ClN5O4S. The third kappa shape index (κ3) is 4.64. The van der Waals surface area contributed by atoms with Crippen molar-refractivity contribution in [1.82, 2.24) is 20.4 Å². The van der Waals surface area contributed by atoms with Gasteiger partial charge in [0.15, 0.2) is 0 Å². The molecule has 0 radical (unpaired) electrons. The molecule has 2 aliphatic rings. The monoisotopic (exact) mass is 475 g/mol. The maximum absolute atomic E-state index is 13.4. The first-order valence-corrected chi connectivity index (χ1v) is 11.5. The van der Waals surface area contributed by atoms with Crippen LogP contribution >= 0.6 is 22.9 Å². The van der Waals surface area contributed by atoms with Crippen LogP contribution in [0.4, 0.5) is 0 Å². The predicted molar refractivity (Wildman–Crippen MR) is 117 cm³/mol. The molecule has 2 aromatic rings. The highest BCUT2D eigenvalue weighted by molar-refractivity contribution is 7.16. The van der Waals surface area contributed by atoms with Gasteiger partial charge in [-0.05, 0) is 43.7 Å². The van der Waals surface area contributed by atoms with Crippen LogP contribution in [-0.4, -0.2) is 51.4 Å². The highest BCUT2D eigenvalue weighted by Gasteiger charge is 2.56. The first kappa shape index (κ1) is 22.3. The molecule has 2 aromatic heterocycles. The van der Waals surface area contributed by atoms with Gasteiger partial charge in [-0.15, -0.1) is 16.4 Å². The van der Waals surface area contributed by atoms with Crippen molar-refractivity contribution in [1.29, 1.82) is 0 Å². The van der Waals surface area contributed by atoms with Gasteiger partial charge in [0.2, 0.25) is 23.6 Å². The number of nitrogens with zero attached hydrogens (tertiary/aromatic N) is 3. The van der Waals surface area contributed by atoms with Crippen LogP contribution in [0.5, 0.6) is 0 Å². The van der Waals surface area contributed by atoms with E-state index in [9.17, 15) is 14.4 Å². The van der Waals surface area contributed by atoms with Crippen molar-refractivity contribution >= 4 is 40.7 Å². The molecule has 0 aromatic carbocycles. The van der Waals surface area contributed by atoms with Crippen molar-refractivity contribution in [3.05, 3.63) is 33.1 Å². The van der Waals surface area contributed by atoms with E-state index in [1.165, 1.54) is 11.3 Å². The van der Waals surface area contributed by atoms with Gasteiger partial charge >= 0.3 is 0 Å². The topological polar surface area (TPSA) is 131 Å². The lowest BCUT2D eigenvalue weighted by molar-refractivity contribution is -0.140. The molecule has 1 aliphatic heterocycles. The average Bonchev–Trinajstić information content (AvgIpc) is 3.08. The van der Waals surface area contributed by atoms with Crippen LogP contribution in [0.15, 0.2) is 16.5 Å². The number of thiophene rings is 1. The maximum atomic E-state index is 13.4. The molecule has 0 bridgehead atoms. The van der Waals surface area contributed by atoms with Crippen molar-refractivity contribution in [3.63, 3.8) is 0 Å². The lowest BCUT2D eigenvalue weighted by atomic mass is 10.0. The van der Waals surface area contributed by atoms with Gasteiger partial charge in [-0.3, -0.25) is 14.4 Å². The lowest BCUT2D eigenvalue weighted by Crippen LogP contribution is -2.51. The molecule has 4 rings (SSSR count). The Balaban J connectivity index is 1.47. The number of aryl methyl sites for hydroxylation is 1. The zero-order valence-corrected chi connectivity index (χ0v) is 19.0. The quantitative estimate of drug-likeness (QED) is 0.609. The number of hydrogen-bond donors (Lipinski definition) is 2. The van der Waals surface area contributed by atoms with Gasteiger partial charge in [0.25, 0.3) is 5.89 Å². The summed E-state index contributed by atoms with van der Waals surface area (Å²) in [5.41, 5.74) is 4.74. The number of carbonyl (C=O) groups is 3. The third-order valence-corrected chi connectivity index (χ3v) is 7.06. The smallest absolute Gasteiger partial charge is 0.293 e. The fraction of sp³-hybridized carbons (Fsp3) is 0.476. The Morgan fingerprint density at radius 2 is 2.19 bits per heavy atom. The van der Waals surface area contributed by atoms with Gasteiger partial charge in [-0.2, -0.15) is 0 Å². The third-order valence-electron chi connectivity index (χ3n) is 5.62. The number of carbonyl (C=O) groups excluding carboxylic acids is 3. The van der Waals surface area contributed by atoms with Gasteiger partial charge in [0.05, 0.1) is 22.2 Å². The number of primary amides is 1. The maximum Gasteiger partial charge on any atom is 0.293 e. The van der Waals surface area contributed by atoms with Crippen LogP contribution < -0.4 is 11.1 Å². The standard InChI is InChI=1S/C21H22ClN5O4S/c1-12-25-26-18(31-12)7-4-13(11-17(23)28)24-19(29)14-3-2-10-27(14)20(30)21(8-9-21)15-5-6-16(22)32-15/h5-6,13-14H,2-3,8-11H2,1H3,(H2,23,28)(H,24,29)/t13-,14+/m1/s1. The van der Waals surface area contributed by atoms with Gasteiger partial charge in [0.1, 0.15) is 6.04 Å². The number of nitrogens with two attached hydrogens (primary N) is 1.